The van der Waals surface area contributed by atoms with Crippen molar-refractivity contribution in [3.8, 4) is 0 Å². The molecule has 1 heterocycles. The van der Waals surface area contributed by atoms with Crippen molar-refractivity contribution < 1.29 is 4.92 Å². The lowest BCUT2D eigenvalue weighted by molar-refractivity contribution is -0.384. The van der Waals surface area contributed by atoms with Crippen molar-refractivity contribution in [1.82, 2.24) is 5.32 Å². The van der Waals surface area contributed by atoms with Crippen LogP contribution < -0.4 is 10.6 Å². The van der Waals surface area contributed by atoms with Crippen molar-refractivity contribution in [2.75, 3.05) is 18.4 Å². The fraction of sp³-hybridized carbons (Fsp3) is 0.455. The second kappa shape index (κ2) is 8.13. The van der Waals surface area contributed by atoms with Crippen LogP contribution in [0.15, 0.2) is 24.3 Å². The van der Waals surface area contributed by atoms with Gasteiger partial charge in [0.2, 0.25) is 0 Å². The van der Waals surface area contributed by atoms with Gasteiger partial charge in [0.1, 0.15) is 0 Å². The van der Waals surface area contributed by atoms with Crippen LogP contribution in [0.25, 0.3) is 0 Å². The summed E-state index contributed by atoms with van der Waals surface area (Å²) in [6.45, 7) is 2.06. The highest BCUT2D eigenvalue weighted by Gasteiger charge is 2.12. The van der Waals surface area contributed by atoms with E-state index < -0.39 is 0 Å². The van der Waals surface area contributed by atoms with Gasteiger partial charge >= 0.3 is 0 Å². The average Bonchev–Trinajstić information content (AvgIpc) is 2.31. The third-order valence-electron chi connectivity index (χ3n) is 2.79. The molecule has 1 fully saturated rings. The van der Waals surface area contributed by atoms with Crippen LogP contribution in [0.3, 0.4) is 0 Å². The molecule has 1 aromatic carbocycles. The molecule has 18 heavy (non-hydrogen) atoms. The SMILES string of the molecule is Cl.Cl.O=[N+]([O-])c1ccc(NC2CCNCC2)cc1. The molecule has 0 bridgehead atoms. The minimum atomic E-state index is -0.381. The first kappa shape index (κ1) is 17.0. The molecule has 2 N–H and O–H groups in total. The molecule has 0 aliphatic carbocycles. The Hall–Kier alpha value is -1.04. The first-order chi connectivity index (χ1) is 7.75. The van der Waals surface area contributed by atoms with Gasteiger partial charge in [-0.1, -0.05) is 0 Å². The van der Waals surface area contributed by atoms with E-state index in [9.17, 15) is 10.1 Å². The average molecular weight is 294 g/mol. The summed E-state index contributed by atoms with van der Waals surface area (Å²) in [7, 11) is 0. The maximum atomic E-state index is 10.5. The zero-order valence-corrected chi connectivity index (χ0v) is 11.4. The number of nitro benzene ring substituents is 1. The molecular formula is C11H17Cl2N3O2. The fourth-order valence-corrected chi connectivity index (χ4v) is 1.88. The molecule has 102 valence electrons. The second-order valence-electron chi connectivity index (χ2n) is 3.97. The van der Waals surface area contributed by atoms with Gasteiger partial charge in [0.15, 0.2) is 0 Å². The Morgan fingerprint density at radius 1 is 1.17 bits per heavy atom. The Bertz CT molecular complexity index is 367. The van der Waals surface area contributed by atoms with E-state index >= 15 is 0 Å². The van der Waals surface area contributed by atoms with E-state index in [1.807, 2.05) is 0 Å². The summed E-state index contributed by atoms with van der Waals surface area (Å²) in [5.41, 5.74) is 1.09. The van der Waals surface area contributed by atoms with Crippen LogP contribution in [-0.2, 0) is 0 Å². The fourth-order valence-electron chi connectivity index (χ4n) is 1.88. The van der Waals surface area contributed by atoms with Crippen LogP contribution in [0.2, 0.25) is 0 Å². The topological polar surface area (TPSA) is 67.2 Å². The van der Waals surface area contributed by atoms with Crippen LogP contribution in [0.5, 0.6) is 0 Å². The van der Waals surface area contributed by atoms with Crippen molar-refractivity contribution in [3.05, 3.63) is 34.4 Å². The highest BCUT2D eigenvalue weighted by molar-refractivity contribution is 5.85. The summed E-state index contributed by atoms with van der Waals surface area (Å²) < 4.78 is 0. The number of piperidine rings is 1. The molecule has 1 aliphatic rings. The van der Waals surface area contributed by atoms with Crippen LogP contribution in [-0.4, -0.2) is 24.1 Å². The summed E-state index contributed by atoms with van der Waals surface area (Å²) in [6, 6.07) is 7.07. The first-order valence-electron chi connectivity index (χ1n) is 5.47. The van der Waals surface area contributed by atoms with E-state index in [1.165, 1.54) is 12.1 Å². The summed E-state index contributed by atoms with van der Waals surface area (Å²) in [4.78, 5) is 10.1. The monoisotopic (exact) mass is 293 g/mol. The van der Waals surface area contributed by atoms with Crippen molar-refractivity contribution in [2.24, 2.45) is 0 Å². The number of non-ortho nitro benzene ring substituents is 1. The van der Waals surface area contributed by atoms with E-state index in [0.29, 0.717) is 6.04 Å². The van der Waals surface area contributed by atoms with Gasteiger partial charge in [0, 0.05) is 23.9 Å². The lowest BCUT2D eigenvalue weighted by atomic mass is 10.1. The molecule has 1 aromatic rings. The van der Waals surface area contributed by atoms with Gasteiger partial charge in [-0.05, 0) is 38.1 Å². The minimum absolute atomic E-state index is 0. The van der Waals surface area contributed by atoms with E-state index in [4.69, 9.17) is 0 Å². The van der Waals surface area contributed by atoms with Crippen LogP contribution in [0.4, 0.5) is 11.4 Å². The van der Waals surface area contributed by atoms with Crippen LogP contribution in [0.1, 0.15) is 12.8 Å². The van der Waals surface area contributed by atoms with Crippen molar-refractivity contribution in [1.29, 1.82) is 0 Å². The molecule has 5 nitrogen and oxygen atoms in total. The molecule has 1 aliphatic heterocycles. The Balaban J connectivity index is 0.00000144. The van der Waals surface area contributed by atoms with Gasteiger partial charge in [-0.15, -0.1) is 24.8 Å². The Morgan fingerprint density at radius 2 is 1.72 bits per heavy atom. The minimum Gasteiger partial charge on any atom is -0.382 e. The molecule has 0 amide bonds. The highest BCUT2D eigenvalue weighted by Crippen LogP contribution is 2.17. The molecule has 0 spiro atoms. The van der Waals surface area contributed by atoms with E-state index in [2.05, 4.69) is 10.6 Å². The van der Waals surface area contributed by atoms with Crippen LogP contribution in [0, 0.1) is 10.1 Å². The van der Waals surface area contributed by atoms with Crippen LogP contribution >= 0.6 is 24.8 Å². The lowest BCUT2D eigenvalue weighted by Gasteiger charge is -2.24. The van der Waals surface area contributed by atoms with Gasteiger partial charge in [0.05, 0.1) is 4.92 Å². The number of hydrogen-bond donors (Lipinski definition) is 2. The van der Waals surface area contributed by atoms with Gasteiger partial charge in [-0.25, -0.2) is 0 Å². The molecule has 0 radical (unpaired) electrons. The van der Waals surface area contributed by atoms with E-state index in [1.54, 1.807) is 12.1 Å². The van der Waals surface area contributed by atoms with Crippen molar-refractivity contribution >= 4 is 36.2 Å². The maximum absolute atomic E-state index is 10.5. The van der Waals surface area contributed by atoms with Gasteiger partial charge < -0.3 is 10.6 Å². The quantitative estimate of drug-likeness (QED) is 0.664. The number of nitro groups is 1. The molecule has 1 saturated heterocycles. The predicted molar refractivity (Wildman–Crippen MR) is 77.1 cm³/mol. The smallest absolute Gasteiger partial charge is 0.269 e. The number of halogens is 2. The van der Waals surface area contributed by atoms with Gasteiger partial charge in [-0.3, -0.25) is 10.1 Å². The molecule has 7 heteroatoms. The largest absolute Gasteiger partial charge is 0.382 e. The number of nitrogens with one attached hydrogen (secondary N) is 2. The third kappa shape index (κ3) is 4.68. The normalized spacial score (nSPS) is 15.1. The summed E-state index contributed by atoms with van der Waals surface area (Å²) in [5.74, 6) is 0. The molecular weight excluding hydrogens is 277 g/mol. The molecule has 0 unspecified atom stereocenters. The molecule has 0 saturated carbocycles. The Morgan fingerprint density at radius 3 is 2.22 bits per heavy atom. The van der Waals surface area contributed by atoms with Crippen molar-refractivity contribution in [3.63, 3.8) is 0 Å². The number of anilines is 1. The van der Waals surface area contributed by atoms with Gasteiger partial charge in [0.25, 0.3) is 5.69 Å². The van der Waals surface area contributed by atoms with E-state index in [0.717, 1.165) is 31.6 Å². The number of benzene rings is 1. The third-order valence-corrected chi connectivity index (χ3v) is 2.79. The lowest BCUT2D eigenvalue weighted by Crippen LogP contribution is -2.35. The zero-order chi connectivity index (χ0) is 11.4. The predicted octanol–water partition coefficient (Wildman–Crippen LogP) is 2.60. The Labute approximate surface area is 118 Å². The highest BCUT2D eigenvalue weighted by atomic mass is 35.5. The molecule has 2 rings (SSSR count). The maximum Gasteiger partial charge on any atom is 0.269 e. The standard InChI is InChI=1S/C11H15N3O2.2ClH/c15-14(16)11-3-1-9(2-4-11)13-10-5-7-12-8-6-10;;/h1-4,10,12-13H,5-8H2;2*1H. The van der Waals surface area contributed by atoms with E-state index in [-0.39, 0.29) is 35.4 Å². The number of rotatable bonds is 3. The van der Waals surface area contributed by atoms with Gasteiger partial charge in [-0.2, -0.15) is 0 Å². The number of nitrogens with zero attached hydrogens (tertiary/aromatic N) is 1. The summed E-state index contributed by atoms with van der Waals surface area (Å²) in [5, 5.41) is 17.2. The first-order valence-corrected chi connectivity index (χ1v) is 5.47. The molecule has 0 aromatic heterocycles. The summed E-state index contributed by atoms with van der Waals surface area (Å²) in [6.07, 6.45) is 2.19. The number of hydrogen-bond acceptors (Lipinski definition) is 4. The molecule has 0 atom stereocenters. The van der Waals surface area contributed by atoms with Crippen molar-refractivity contribution in [2.45, 2.75) is 18.9 Å². The summed E-state index contributed by atoms with van der Waals surface area (Å²) >= 11 is 0. The second-order valence-corrected chi connectivity index (χ2v) is 3.97. The zero-order valence-electron chi connectivity index (χ0n) is 9.80. The Kier molecular flexibility index (Phi) is 7.66.